The van der Waals surface area contributed by atoms with E-state index in [4.69, 9.17) is 23.2 Å². The third-order valence-electron chi connectivity index (χ3n) is 3.77. The highest BCUT2D eigenvalue weighted by atomic mass is 35.5. The lowest BCUT2D eigenvalue weighted by atomic mass is 9.89. The van der Waals surface area contributed by atoms with Crippen molar-refractivity contribution in [3.8, 4) is 0 Å². The molecule has 0 spiro atoms. The first-order valence-corrected chi connectivity index (χ1v) is 7.49. The van der Waals surface area contributed by atoms with Crippen LogP contribution in [0.3, 0.4) is 0 Å². The van der Waals surface area contributed by atoms with Gasteiger partial charge < -0.3 is 5.11 Å². The molecule has 1 aliphatic rings. The summed E-state index contributed by atoms with van der Waals surface area (Å²) in [6.45, 7) is 0. The minimum Gasteiger partial charge on any atom is -0.374 e. The molecule has 0 atom stereocenters. The molecule has 2 aromatic rings. The number of ketones is 3. The number of fused-ring (bicyclic) bond motifs is 1. The summed E-state index contributed by atoms with van der Waals surface area (Å²) in [4.78, 5) is 37.1. The van der Waals surface area contributed by atoms with Crippen molar-refractivity contribution in [2.45, 2.75) is 12.0 Å². The normalized spacial score (nSPS) is 15.6. The first kappa shape index (κ1) is 15.9. The van der Waals surface area contributed by atoms with E-state index in [9.17, 15) is 19.5 Å². The Morgan fingerprint density at radius 3 is 1.91 bits per heavy atom. The second-order valence-electron chi connectivity index (χ2n) is 5.32. The number of halogens is 2. The number of rotatable bonds is 3. The van der Waals surface area contributed by atoms with Gasteiger partial charge in [-0.3, -0.25) is 14.4 Å². The van der Waals surface area contributed by atoms with E-state index in [1.54, 1.807) is 12.1 Å². The maximum absolute atomic E-state index is 12.4. The van der Waals surface area contributed by atoms with Gasteiger partial charge in [-0.05, 0) is 18.2 Å². The van der Waals surface area contributed by atoms with Crippen molar-refractivity contribution in [3.63, 3.8) is 0 Å². The van der Waals surface area contributed by atoms with Crippen LogP contribution >= 0.6 is 23.2 Å². The molecule has 116 valence electrons. The van der Waals surface area contributed by atoms with Gasteiger partial charge in [0.1, 0.15) is 0 Å². The number of hydrogen-bond acceptors (Lipinski definition) is 4. The van der Waals surface area contributed by atoms with Crippen LogP contribution < -0.4 is 0 Å². The van der Waals surface area contributed by atoms with E-state index in [1.165, 1.54) is 30.3 Å². The summed E-state index contributed by atoms with van der Waals surface area (Å²) in [6.07, 6.45) is -0.657. The number of hydrogen-bond donors (Lipinski definition) is 1. The van der Waals surface area contributed by atoms with E-state index in [1.807, 2.05) is 0 Å². The van der Waals surface area contributed by atoms with Crippen LogP contribution in [0.1, 0.15) is 37.5 Å². The van der Waals surface area contributed by atoms with Crippen molar-refractivity contribution in [2.75, 3.05) is 0 Å². The maximum Gasteiger partial charge on any atom is 0.203 e. The van der Waals surface area contributed by atoms with Crippen LogP contribution in [0.25, 0.3) is 0 Å². The van der Waals surface area contributed by atoms with Gasteiger partial charge in [-0.1, -0.05) is 47.5 Å². The molecule has 0 heterocycles. The monoisotopic (exact) mass is 348 g/mol. The van der Waals surface area contributed by atoms with Crippen molar-refractivity contribution < 1.29 is 19.5 Å². The molecule has 6 heteroatoms. The summed E-state index contributed by atoms with van der Waals surface area (Å²) in [7, 11) is 0. The summed E-state index contributed by atoms with van der Waals surface area (Å²) in [5.74, 6) is -2.12. The Kier molecular flexibility index (Phi) is 3.84. The molecule has 0 bridgehead atoms. The molecule has 0 fully saturated rings. The Morgan fingerprint density at radius 1 is 0.957 bits per heavy atom. The minimum absolute atomic E-state index is 0.122. The second-order valence-corrected chi connectivity index (χ2v) is 6.20. The molecular formula is C17H10Cl2O4. The lowest BCUT2D eigenvalue weighted by Crippen LogP contribution is -2.43. The Hall–Kier alpha value is -2.01. The van der Waals surface area contributed by atoms with Gasteiger partial charge >= 0.3 is 0 Å². The van der Waals surface area contributed by atoms with Crippen LogP contribution in [0.4, 0.5) is 0 Å². The van der Waals surface area contributed by atoms with Crippen molar-refractivity contribution in [2.24, 2.45) is 0 Å². The molecule has 1 aliphatic carbocycles. The molecule has 0 amide bonds. The molecule has 3 rings (SSSR count). The molecule has 2 aromatic carbocycles. The fraction of sp³-hybridized carbons (Fsp3) is 0.118. The second kappa shape index (κ2) is 5.57. The highest BCUT2D eigenvalue weighted by Crippen LogP contribution is 2.33. The molecule has 0 radical (unpaired) electrons. The maximum atomic E-state index is 12.4. The largest absolute Gasteiger partial charge is 0.374 e. The van der Waals surface area contributed by atoms with Gasteiger partial charge in [0, 0.05) is 26.7 Å². The van der Waals surface area contributed by atoms with Gasteiger partial charge in [0.25, 0.3) is 0 Å². The summed E-state index contributed by atoms with van der Waals surface area (Å²) in [6, 6.07) is 10.3. The Morgan fingerprint density at radius 2 is 1.43 bits per heavy atom. The third-order valence-corrected chi connectivity index (χ3v) is 4.20. The van der Waals surface area contributed by atoms with Gasteiger partial charge in [0.2, 0.25) is 11.6 Å². The Bertz CT molecular complexity index is 802. The van der Waals surface area contributed by atoms with Gasteiger partial charge in [-0.2, -0.15) is 0 Å². The molecule has 0 saturated carbocycles. The van der Waals surface area contributed by atoms with Crippen molar-refractivity contribution >= 4 is 40.6 Å². The number of Topliss-reactive ketones (excluding diaryl/α,β-unsaturated/α-hetero) is 3. The van der Waals surface area contributed by atoms with Gasteiger partial charge in [-0.15, -0.1) is 0 Å². The van der Waals surface area contributed by atoms with Crippen molar-refractivity contribution in [1.82, 2.24) is 0 Å². The average molecular weight is 349 g/mol. The SMILES string of the molecule is O=C(CC1(O)C(=O)c2ccccc2C1=O)c1cc(Cl)cc(Cl)c1. The molecular weight excluding hydrogens is 339 g/mol. The summed E-state index contributed by atoms with van der Waals surface area (Å²) in [5.41, 5.74) is -2.00. The predicted octanol–water partition coefficient (Wildman–Crippen LogP) is 3.38. The molecule has 0 aliphatic heterocycles. The van der Waals surface area contributed by atoms with Gasteiger partial charge in [0.15, 0.2) is 11.4 Å². The molecule has 4 nitrogen and oxygen atoms in total. The predicted molar refractivity (Wildman–Crippen MR) is 85.5 cm³/mol. The summed E-state index contributed by atoms with van der Waals surface area (Å²) < 4.78 is 0. The molecule has 23 heavy (non-hydrogen) atoms. The zero-order valence-corrected chi connectivity index (χ0v) is 13.2. The smallest absolute Gasteiger partial charge is 0.203 e. The van der Waals surface area contributed by atoms with Crippen LogP contribution in [-0.4, -0.2) is 28.1 Å². The number of carbonyl (C=O) groups excluding carboxylic acids is 3. The van der Waals surface area contributed by atoms with Crippen LogP contribution in [-0.2, 0) is 0 Å². The van der Waals surface area contributed by atoms with Crippen LogP contribution in [0.5, 0.6) is 0 Å². The van der Waals surface area contributed by atoms with Crippen LogP contribution in [0.2, 0.25) is 10.0 Å². The lowest BCUT2D eigenvalue weighted by molar-refractivity contribution is 0.0295. The first-order chi connectivity index (χ1) is 10.8. The van der Waals surface area contributed by atoms with E-state index in [-0.39, 0.29) is 26.7 Å². The number of carbonyl (C=O) groups is 3. The van der Waals surface area contributed by atoms with Crippen LogP contribution in [0, 0.1) is 0 Å². The van der Waals surface area contributed by atoms with Gasteiger partial charge in [-0.25, -0.2) is 0 Å². The van der Waals surface area contributed by atoms with Crippen molar-refractivity contribution in [1.29, 1.82) is 0 Å². The van der Waals surface area contributed by atoms with Gasteiger partial charge in [0.05, 0.1) is 6.42 Å². The minimum atomic E-state index is -2.38. The van der Waals surface area contributed by atoms with Crippen LogP contribution in [0.15, 0.2) is 42.5 Å². The van der Waals surface area contributed by atoms with E-state index >= 15 is 0 Å². The third kappa shape index (κ3) is 2.59. The van der Waals surface area contributed by atoms with E-state index in [2.05, 4.69) is 0 Å². The highest BCUT2D eigenvalue weighted by molar-refractivity contribution is 6.36. The molecule has 0 aromatic heterocycles. The number of benzene rings is 2. The van der Waals surface area contributed by atoms with Crippen molar-refractivity contribution in [3.05, 3.63) is 69.2 Å². The standard InChI is InChI=1S/C17H10Cl2O4/c18-10-5-9(6-11(19)7-10)14(20)8-17(23)15(21)12-3-1-2-4-13(12)16(17)22/h1-7,23H,8H2. The summed E-state index contributed by atoms with van der Waals surface area (Å²) in [5, 5.41) is 11.0. The van der Waals surface area contributed by atoms with E-state index in [0.29, 0.717) is 0 Å². The Labute approximate surface area is 141 Å². The first-order valence-electron chi connectivity index (χ1n) is 6.73. The fourth-order valence-electron chi connectivity index (χ4n) is 2.64. The topological polar surface area (TPSA) is 71.4 Å². The zero-order chi connectivity index (χ0) is 16.8. The highest BCUT2D eigenvalue weighted by Gasteiger charge is 2.52. The average Bonchev–Trinajstić information content (AvgIpc) is 2.69. The Balaban J connectivity index is 1.95. The number of aliphatic hydroxyl groups is 1. The quantitative estimate of drug-likeness (QED) is 0.681. The summed E-state index contributed by atoms with van der Waals surface area (Å²) >= 11 is 11.7. The van der Waals surface area contributed by atoms with E-state index < -0.39 is 29.4 Å². The molecule has 1 N–H and O–H groups in total. The zero-order valence-electron chi connectivity index (χ0n) is 11.7. The lowest BCUT2D eigenvalue weighted by Gasteiger charge is -2.18. The van der Waals surface area contributed by atoms with E-state index in [0.717, 1.165) is 0 Å². The molecule has 0 saturated heterocycles. The molecule has 0 unspecified atom stereocenters. The fourth-order valence-corrected chi connectivity index (χ4v) is 3.16.